The molecule has 0 aliphatic rings. The Kier molecular flexibility index (Phi) is 6.29. The van der Waals surface area contributed by atoms with E-state index in [-0.39, 0.29) is 11.7 Å². The first-order chi connectivity index (χ1) is 13.5. The Hall–Kier alpha value is -3.32. The second-order valence-electron chi connectivity index (χ2n) is 5.80. The van der Waals surface area contributed by atoms with Crippen molar-refractivity contribution in [3.63, 3.8) is 0 Å². The number of anilines is 1. The van der Waals surface area contributed by atoms with Crippen molar-refractivity contribution in [2.45, 2.75) is 0 Å². The molecule has 0 radical (unpaired) electrons. The van der Waals surface area contributed by atoms with Crippen molar-refractivity contribution < 1.29 is 14.0 Å². The third kappa shape index (κ3) is 5.34. The molecule has 0 aliphatic carbocycles. The Labute approximate surface area is 169 Å². The van der Waals surface area contributed by atoms with E-state index in [1.54, 1.807) is 54.6 Å². The molecule has 5 nitrogen and oxygen atoms in total. The first-order valence-corrected chi connectivity index (χ1v) is 9.06. The van der Waals surface area contributed by atoms with E-state index < -0.39 is 5.91 Å². The van der Waals surface area contributed by atoms with Crippen molar-refractivity contribution in [2.24, 2.45) is 5.10 Å². The average molecular weight is 440 g/mol. The summed E-state index contributed by atoms with van der Waals surface area (Å²) in [5, 5.41) is 6.61. The number of carbonyl (C=O) groups excluding carboxylic acids is 2. The standard InChI is InChI=1S/C21H15BrFN3O2/c22-17-5-1-3-15(11-17)20(27)25-19-6-2-4-16(12-19)21(28)26-24-13-14-7-9-18(23)10-8-14/h1-13H,(H,25,27)(H,26,28)/b24-13+. The zero-order chi connectivity index (χ0) is 19.9. The molecular formula is C21H15BrFN3O2. The van der Waals surface area contributed by atoms with Gasteiger partial charge >= 0.3 is 0 Å². The van der Waals surface area contributed by atoms with Gasteiger partial charge in [-0.1, -0.05) is 40.2 Å². The van der Waals surface area contributed by atoms with E-state index in [1.807, 2.05) is 6.07 Å². The Morgan fingerprint density at radius 2 is 1.57 bits per heavy atom. The van der Waals surface area contributed by atoms with Crippen molar-refractivity contribution >= 4 is 39.6 Å². The van der Waals surface area contributed by atoms with Crippen LogP contribution in [0.1, 0.15) is 26.3 Å². The Morgan fingerprint density at radius 1 is 0.893 bits per heavy atom. The van der Waals surface area contributed by atoms with E-state index in [0.29, 0.717) is 22.4 Å². The highest BCUT2D eigenvalue weighted by Gasteiger charge is 2.09. The molecule has 0 aliphatic heterocycles. The van der Waals surface area contributed by atoms with Gasteiger partial charge in [0.2, 0.25) is 0 Å². The van der Waals surface area contributed by atoms with Crippen LogP contribution in [-0.2, 0) is 0 Å². The summed E-state index contributed by atoms with van der Waals surface area (Å²) in [5.41, 5.74) is 4.37. The summed E-state index contributed by atoms with van der Waals surface area (Å²) in [6, 6.07) is 19.2. The van der Waals surface area contributed by atoms with Crippen LogP contribution >= 0.6 is 15.9 Å². The number of rotatable bonds is 5. The van der Waals surface area contributed by atoms with Crippen LogP contribution in [0.3, 0.4) is 0 Å². The summed E-state index contributed by atoms with van der Waals surface area (Å²) in [5.74, 6) is -1.06. The SMILES string of the molecule is O=C(N/N=C/c1ccc(F)cc1)c1cccc(NC(=O)c2cccc(Br)c2)c1. The molecule has 0 fully saturated rings. The van der Waals surface area contributed by atoms with E-state index >= 15 is 0 Å². The van der Waals surface area contributed by atoms with Crippen LogP contribution < -0.4 is 10.7 Å². The smallest absolute Gasteiger partial charge is 0.271 e. The third-order valence-corrected chi connectivity index (χ3v) is 4.21. The minimum absolute atomic E-state index is 0.284. The molecule has 0 bridgehead atoms. The van der Waals surface area contributed by atoms with E-state index in [0.717, 1.165) is 4.47 Å². The Morgan fingerprint density at radius 3 is 2.29 bits per heavy atom. The van der Waals surface area contributed by atoms with Crippen molar-refractivity contribution in [3.8, 4) is 0 Å². The molecular weight excluding hydrogens is 425 g/mol. The highest BCUT2D eigenvalue weighted by atomic mass is 79.9. The number of carbonyl (C=O) groups is 2. The van der Waals surface area contributed by atoms with Gasteiger partial charge in [-0.25, -0.2) is 9.82 Å². The maximum Gasteiger partial charge on any atom is 0.271 e. The first kappa shape index (κ1) is 19.4. The molecule has 2 N–H and O–H groups in total. The molecule has 0 aromatic heterocycles. The van der Waals surface area contributed by atoms with Gasteiger partial charge in [-0.15, -0.1) is 0 Å². The number of hydrogen-bond donors (Lipinski definition) is 2. The molecule has 3 aromatic carbocycles. The van der Waals surface area contributed by atoms with Gasteiger partial charge in [-0.3, -0.25) is 9.59 Å². The molecule has 0 saturated carbocycles. The monoisotopic (exact) mass is 439 g/mol. The molecule has 140 valence electrons. The maximum atomic E-state index is 12.9. The van der Waals surface area contributed by atoms with Gasteiger partial charge < -0.3 is 5.32 Å². The zero-order valence-corrected chi connectivity index (χ0v) is 16.1. The molecule has 7 heteroatoms. The number of halogens is 2. The number of hydrazone groups is 1. The van der Waals surface area contributed by atoms with E-state index in [4.69, 9.17) is 0 Å². The van der Waals surface area contributed by atoms with Gasteiger partial charge in [-0.2, -0.15) is 5.10 Å². The van der Waals surface area contributed by atoms with E-state index in [1.165, 1.54) is 18.3 Å². The summed E-state index contributed by atoms with van der Waals surface area (Å²) in [6.07, 6.45) is 1.41. The van der Waals surface area contributed by atoms with E-state index in [9.17, 15) is 14.0 Å². The lowest BCUT2D eigenvalue weighted by atomic mass is 10.1. The lowest BCUT2D eigenvalue weighted by molar-refractivity contribution is 0.0953. The van der Waals surface area contributed by atoms with Gasteiger partial charge in [0.1, 0.15) is 5.82 Å². The molecule has 0 unspecified atom stereocenters. The van der Waals surface area contributed by atoms with Crippen LogP contribution in [-0.4, -0.2) is 18.0 Å². The van der Waals surface area contributed by atoms with Gasteiger partial charge in [0.05, 0.1) is 6.21 Å². The summed E-state index contributed by atoms with van der Waals surface area (Å²) in [7, 11) is 0. The molecule has 3 aromatic rings. The number of nitrogens with zero attached hydrogens (tertiary/aromatic N) is 1. The minimum atomic E-state index is -0.433. The Bertz CT molecular complexity index is 1040. The highest BCUT2D eigenvalue weighted by molar-refractivity contribution is 9.10. The van der Waals surface area contributed by atoms with Gasteiger partial charge in [0, 0.05) is 21.3 Å². The molecule has 28 heavy (non-hydrogen) atoms. The fourth-order valence-electron chi connectivity index (χ4n) is 2.35. The predicted octanol–water partition coefficient (Wildman–Crippen LogP) is 4.60. The summed E-state index contributed by atoms with van der Waals surface area (Å²) in [6.45, 7) is 0. The lowest BCUT2D eigenvalue weighted by Crippen LogP contribution is -2.18. The Balaban J connectivity index is 1.64. The average Bonchev–Trinajstić information content (AvgIpc) is 2.69. The predicted molar refractivity (Wildman–Crippen MR) is 110 cm³/mol. The molecule has 0 heterocycles. The third-order valence-electron chi connectivity index (χ3n) is 3.72. The van der Waals surface area contributed by atoms with Gasteiger partial charge in [0.25, 0.3) is 11.8 Å². The van der Waals surface area contributed by atoms with Crippen LogP contribution in [0.15, 0.2) is 82.4 Å². The van der Waals surface area contributed by atoms with E-state index in [2.05, 4.69) is 31.8 Å². The van der Waals surface area contributed by atoms with Crippen molar-refractivity contribution in [1.82, 2.24) is 5.43 Å². The van der Waals surface area contributed by atoms with Crippen LogP contribution in [0, 0.1) is 5.82 Å². The first-order valence-electron chi connectivity index (χ1n) is 8.27. The quantitative estimate of drug-likeness (QED) is 0.450. The van der Waals surface area contributed by atoms with Crippen molar-refractivity contribution in [1.29, 1.82) is 0 Å². The molecule has 0 saturated heterocycles. The summed E-state index contributed by atoms with van der Waals surface area (Å²) in [4.78, 5) is 24.6. The largest absolute Gasteiger partial charge is 0.322 e. The summed E-state index contributed by atoms with van der Waals surface area (Å²) < 4.78 is 13.7. The van der Waals surface area contributed by atoms with Crippen molar-refractivity contribution in [3.05, 3.63) is 99.8 Å². The maximum absolute atomic E-state index is 12.9. The number of hydrogen-bond acceptors (Lipinski definition) is 3. The molecule has 0 atom stereocenters. The lowest BCUT2D eigenvalue weighted by Gasteiger charge is -2.07. The van der Waals surface area contributed by atoms with Crippen LogP contribution in [0.2, 0.25) is 0 Å². The fourth-order valence-corrected chi connectivity index (χ4v) is 2.75. The summed E-state index contributed by atoms with van der Waals surface area (Å²) >= 11 is 3.33. The normalized spacial score (nSPS) is 10.6. The highest BCUT2D eigenvalue weighted by Crippen LogP contribution is 2.15. The second kappa shape index (κ2) is 9.05. The molecule has 2 amide bonds. The second-order valence-corrected chi connectivity index (χ2v) is 6.71. The number of nitrogens with one attached hydrogen (secondary N) is 2. The van der Waals surface area contributed by atoms with Gasteiger partial charge in [-0.05, 0) is 54.1 Å². The fraction of sp³-hybridized carbons (Fsp3) is 0. The van der Waals surface area contributed by atoms with Crippen LogP contribution in [0.25, 0.3) is 0 Å². The van der Waals surface area contributed by atoms with Crippen LogP contribution in [0.5, 0.6) is 0 Å². The molecule has 3 rings (SSSR count). The van der Waals surface area contributed by atoms with Crippen molar-refractivity contribution in [2.75, 3.05) is 5.32 Å². The topological polar surface area (TPSA) is 70.6 Å². The van der Waals surface area contributed by atoms with Gasteiger partial charge in [0.15, 0.2) is 0 Å². The van der Waals surface area contributed by atoms with Crippen LogP contribution in [0.4, 0.5) is 10.1 Å². The molecule has 0 spiro atoms. The number of amides is 2. The number of benzene rings is 3. The minimum Gasteiger partial charge on any atom is -0.322 e. The zero-order valence-electron chi connectivity index (χ0n) is 14.5.